The highest BCUT2D eigenvalue weighted by molar-refractivity contribution is 5.82. The lowest BCUT2D eigenvalue weighted by atomic mass is 9.88. The lowest BCUT2D eigenvalue weighted by Crippen LogP contribution is -2.36. The van der Waals surface area contributed by atoms with Gasteiger partial charge in [0, 0.05) is 25.1 Å². The third-order valence-electron chi connectivity index (χ3n) is 6.35. The third-order valence-corrected chi connectivity index (χ3v) is 6.35. The number of likely N-dealkylation sites (N-methyl/N-ethyl adjacent to an activating group) is 1. The van der Waals surface area contributed by atoms with Gasteiger partial charge in [0.15, 0.2) is 0 Å². The molecule has 0 aliphatic carbocycles. The van der Waals surface area contributed by atoms with Gasteiger partial charge < -0.3 is 9.64 Å². The minimum atomic E-state index is -0.275. The zero-order valence-corrected chi connectivity index (χ0v) is 18.9. The topological polar surface area (TPSA) is 29.5 Å². The fraction of sp³-hybridized carbons (Fsp3) is 0.321. The quantitative estimate of drug-likeness (QED) is 0.417. The van der Waals surface area contributed by atoms with Crippen molar-refractivity contribution in [2.24, 2.45) is 0 Å². The molecule has 3 aromatic rings. The molecule has 1 unspecified atom stereocenters. The van der Waals surface area contributed by atoms with Crippen LogP contribution in [0.25, 0.3) is 11.1 Å². The van der Waals surface area contributed by atoms with Crippen molar-refractivity contribution in [3.8, 4) is 16.9 Å². The SMILES string of the molecule is CC(=O)Oc1c(C)ccc2c1-c1cc(C)ccc1CCN(C)C(Cc1ccccc1)C2. The molecule has 0 fully saturated rings. The normalized spacial score (nSPS) is 16.5. The van der Waals surface area contributed by atoms with Crippen molar-refractivity contribution in [2.75, 3.05) is 13.6 Å². The zero-order valence-electron chi connectivity index (χ0n) is 18.9. The van der Waals surface area contributed by atoms with E-state index in [2.05, 4.69) is 79.5 Å². The Morgan fingerprint density at radius 2 is 1.77 bits per heavy atom. The van der Waals surface area contributed by atoms with Crippen LogP contribution in [0.1, 0.15) is 34.7 Å². The molecule has 31 heavy (non-hydrogen) atoms. The Balaban J connectivity index is 1.87. The second-order valence-electron chi connectivity index (χ2n) is 8.78. The summed E-state index contributed by atoms with van der Waals surface area (Å²) in [5.41, 5.74) is 8.38. The van der Waals surface area contributed by atoms with Crippen molar-refractivity contribution in [2.45, 2.75) is 46.1 Å². The van der Waals surface area contributed by atoms with E-state index in [1.807, 2.05) is 6.92 Å². The molecule has 160 valence electrons. The number of nitrogens with zero attached hydrogens (tertiary/aromatic N) is 1. The van der Waals surface area contributed by atoms with Gasteiger partial charge in [-0.3, -0.25) is 4.79 Å². The highest BCUT2D eigenvalue weighted by Crippen LogP contribution is 2.40. The molecule has 3 heteroatoms. The van der Waals surface area contributed by atoms with Crippen LogP contribution < -0.4 is 4.74 Å². The predicted octanol–water partition coefficient (Wildman–Crippen LogP) is 5.54. The van der Waals surface area contributed by atoms with Crippen LogP contribution >= 0.6 is 0 Å². The molecule has 4 rings (SSSR count). The number of rotatable bonds is 3. The summed E-state index contributed by atoms with van der Waals surface area (Å²) in [4.78, 5) is 14.5. The molecule has 0 saturated heterocycles. The fourth-order valence-electron chi connectivity index (χ4n) is 4.61. The second-order valence-corrected chi connectivity index (χ2v) is 8.78. The van der Waals surface area contributed by atoms with Crippen molar-refractivity contribution in [1.82, 2.24) is 4.90 Å². The van der Waals surface area contributed by atoms with Crippen LogP contribution in [0.2, 0.25) is 0 Å². The Morgan fingerprint density at radius 3 is 2.52 bits per heavy atom. The molecule has 3 nitrogen and oxygen atoms in total. The molecule has 0 bridgehead atoms. The number of ether oxygens (including phenoxy) is 1. The van der Waals surface area contributed by atoms with E-state index in [9.17, 15) is 4.79 Å². The first kappa shape index (κ1) is 21.3. The Labute approximate surface area is 185 Å². The molecule has 1 aliphatic rings. The van der Waals surface area contributed by atoms with Gasteiger partial charge in [0.1, 0.15) is 5.75 Å². The van der Waals surface area contributed by atoms with Crippen LogP contribution in [0.4, 0.5) is 0 Å². The van der Waals surface area contributed by atoms with Crippen LogP contribution in [0.15, 0.2) is 60.7 Å². The molecule has 0 spiro atoms. The second kappa shape index (κ2) is 9.07. The summed E-state index contributed by atoms with van der Waals surface area (Å²) in [6, 6.07) is 22.0. The molecule has 1 heterocycles. The molecule has 0 amide bonds. The molecule has 1 aliphatic heterocycles. The molecule has 0 saturated carbocycles. The van der Waals surface area contributed by atoms with Gasteiger partial charge in [-0.1, -0.05) is 66.2 Å². The lowest BCUT2D eigenvalue weighted by molar-refractivity contribution is -0.131. The van der Waals surface area contributed by atoms with Crippen LogP contribution in [0.3, 0.4) is 0 Å². The van der Waals surface area contributed by atoms with Gasteiger partial charge in [-0.05, 0) is 68.0 Å². The van der Waals surface area contributed by atoms with Crippen molar-refractivity contribution in [3.05, 3.63) is 88.5 Å². The van der Waals surface area contributed by atoms with Gasteiger partial charge in [0.25, 0.3) is 0 Å². The van der Waals surface area contributed by atoms with Gasteiger partial charge in [-0.15, -0.1) is 0 Å². The van der Waals surface area contributed by atoms with Gasteiger partial charge in [-0.2, -0.15) is 0 Å². The molecular weight excluding hydrogens is 382 g/mol. The molecular formula is C28H31NO2. The number of carbonyl (C=O) groups excluding carboxylic acids is 1. The van der Waals surface area contributed by atoms with E-state index in [4.69, 9.17) is 4.74 Å². The Hall–Kier alpha value is -2.91. The summed E-state index contributed by atoms with van der Waals surface area (Å²) < 4.78 is 5.81. The zero-order chi connectivity index (χ0) is 22.0. The van der Waals surface area contributed by atoms with E-state index in [-0.39, 0.29) is 5.97 Å². The number of benzene rings is 3. The third kappa shape index (κ3) is 4.72. The predicted molar refractivity (Wildman–Crippen MR) is 127 cm³/mol. The molecule has 3 aromatic carbocycles. The summed E-state index contributed by atoms with van der Waals surface area (Å²) in [6.45, 7) is 6.62. The van der Waals surface area contributed by atoms with Crippen molar-refractivity contribution < 1.29 is 9.53 Å². The molecule has 1 atom stereocenters. The van der Waals surface area contributed by atoms with Gasteiger partial charge >= 0.3 is 5.97 Å². The van der Waals surface area contributed by atoms with Gasteiger partial charge in [-0.25, -0.2) is 0 Å². The molecule has 0 radical (unpaired) electrons. The standard InChI is InChI=1S/C28H31NO2/c1-19-10-12-23-14-15-29(4)25(17-22-8-6-5-7-9-22)18-24-13-11-20(2)28(31-21(3)30)27(24)26(23)16-19/h5-13,16,25H,14-15,17-18H2,1-4H3. The Kier molecular flexibility index (Phi) is 6.24. The average molecular weight is 414 g/mol. The number of fused-ring (bicyclic) bond motifs is 3. The number of hydrogen-bond donors (Lipinski definition) is 0. The highest BCUT2D eigenvalue weighted by Gasteiger charge is 2.25. The highest BCUT2D eigenvalue weighted by atomic mass is 16.5. The van der Waals surface area contributed by atoms with Crippen molar-refractivity contribution in [3.63, 3.8) is 0 Å². The Bertz CT molecular complexity index is 1090. The van der Waals surface area contributed by atoms with Gasteiger partial charge in [0.2, 0.25) is 0 Å². The first-order chi connectivity index (χ1) is 14.9. The first-order valence-corrected chi connectivity index (χ1v) is 11.1. The summed E-state index contributed by atoms with van der Waals surface area (Å²) in [5.74, 6) is 0.434. The van der Waals surface area contributed by atoms with E-state index < -0.39 is 0 Å². The summed E-state index contributed by atoms with van der Waals surface area (Å²) >= 11 is 0. The van der Waals surface area contributed by atoms with E-state index in [1.54, 1.807) is 0 Å². The van der Waals surface area contributed by atoms with E-state index in [1.165, 1.54) is 34.7 Å². The number of aryl methyl sites for hydroxylation is 2. The minimum absolute atomic E-state index is 0.275. The molecule has 0 aromatic heterocycles. The Morgan fingerprint density at radius 1 is 1.03 bits per heavy atom. The van der Waals surface area contributed by atoms with Crippen LogP contribution in [-0.2, 0) is 24.1 Å². The maximum atomic E-state index is 12.0. The van der Waals surface area contributed by atoms with E-state index in [0.29, 0.717) is 11.8 Å². The number of hydrogen-bond acceptors (Lipinski definition) is 3. The van der Waals surface area contributed by atoms with Crippen LogP contribution in [0, 0.1) is 13.8 Å². The van der Waals surface area contributed by atoms with Crippen molar-refractivity contribution in [1.29, 1.82) is 0 Å². The average Bonchev–Trinajstić information content (AvgIpc) is 2.79. The maximum Gasteiger partial charge on any atom is 0.308 e. The number of carbonyl (C=O) groups is 1. The van der Waals surface area contributed by atoms with Crippen molar-refractivity contribution >= 4 is 5.97 Å². The van der Waals surface area contributed by atoms with E-state index in [0.717, 1.165) is 36.9 Å². The minimum Gasteiger partial charge on any atom is -0.426 e. The summed E-state index contributed by atoms with van der Waals surface area (Å²) in [6.07, 6.45) is 2.86. The van der Waals surface area contributed by atoms with E-state index >= 15 is 0 Å². The lowest BCUT2D eigenvalue weighted by Gasteiger charge is -2.28. The molecule has 0 N–H and O–H groups in total. The van der Waals surface area contributed by atoms with Crippen LogP contribution in [-0.4, -0.2) is 30.5 Å². The van der Waals surface area contributed by atoms with Gasteiger partial charge in [0.05, 0.1) is 0 Å². The fourth-order valence-corrected chi connectivity index (χ4v) is 4.61. The monoisotopic (exact) mass is 413 g/mol. The first-order valence-electron chi connectivity index (χ1n) is 11.1. The summed E-state index contributed by atoms with van der Waals surface area (Å²) in [7, 11) is 2.23. The smallest absolute Gasteiger partial charge is 0.308 e. The number of esters is 1. The van der Waals surface area contributed by atoms with Crippen LogP contribution in [0.5, 0.6) is 5.75 Å². The summed E-state index contributed by atoms with van der Waals surface area (Å²) in [5, 5.41) is 0. The maximum absolute atomic E-state index is 12.0. The largest absolute Gasteiger partial charge is 0.426 e.